The van der Waals surface area contributed by atoms with Crippen LogP contribution < -0.4 is 0 Å². The fraction of sp³-hybridized carbons (Fsp3) is 0.462. The minimum absolute atomic E-state index is 0.112. The first kappa shape index (κ1) is 13.5. The van der Waals surface area contributed by atoms with Gasteiger partial charge in [0, 0.05) is 0 Å². The van der Waals surface area contributed by atoms with Gasteiger partial charge in [-0.25, -0.2) is 0 Å². The van der Waals surface area contributed by atoms with Crippen molar-refractivity contribution in [1.82, 2.24) is 0 Å². The lowest BCUT2D eigenvalue weighted by atomic mass is 10.0. The van der Waals surface area contributed by atoms with E-state index >= 15 is 0 Å². The van der Waals surface area contributed by atoms with Crippen LogP contribution in [0.15, 0.2) is 30.3 Å². The first-order valence-corrected chi connectivity index (χ1v) is 7.20. The second kappa shape index (κ2) is 7.69. The molecular formula is C13H18OS2. The summed E-state index contributed by atoms with van der Waals surface area (Å²) < 4.78 is 6.41. The molecule has 0 aliphatic rings. The van der Waals surface area contributed by atoms with Crippen LogP contribution in [0.1, 0.15) is 37.9 Å². The number of unbranched alkanes of at least 4 members (excludes halogenated alkanes) is 1. The number of ether oxygens (including phenoxy) is 1. The summed E-state index contributed by atoms with van der Waals surface area (Å²) in [6.45, 7) is 2.19. The van der Waals surface area contributed by atoms with E-state index in [0.29, 0.717) is 4.38 Å². The molecule has 0 fully saturated rings. The van der Waals surface area contributed by atoms with Gasteiger partial charge in [-0.05, 0) is 36.9 Å². The monoisotopic (exact) mass is 254 g/mol. The molecule has 3 heteroatoms. The third-order valence-corrected chi connectivity index (χ3v) is 3.42. The number of thioether (sulfide) groups is 1. The van der Waals surface area contributed by atoms with E-state index in [1.807, 2.05) is 24.5 Å². The van der Waals surface area contributed by atoms with Gasteiger partial charge in [-0.2, -0.15) is 0 Å². The molecule has 1 atom stereocenters. The van der Waals surface area contributed by atoms with E-state index in [2.05, 4.69) is 19.1 Å². The Bertz CT molecular complexity index is 311. The van der Waals surface area contributed by atoms with E-state index < -0.39 is 0 Å². The molecule has 0 amide bonds. The van der Waals surface area contributed by atoms with Crippen LogP contribution in [-0.2, 0) is 4.74 Å². The molecule has 0 saturated heterocycles. The van der Waals surface area contributed by atoms with Crippen LogP contribution in [-0.4, -0.2) is 10.6 Å². The van der Waals surface area contributed by atoms with Gasteiger partial charge in [0.1, 0.15) is 6.10 Å². The smallest absolute Gasteiger partial charge is 0.220 e. The number of rotatable bonds is 5. The number of thiocarbonyl (C=S) groups is 1. The van der Waals surface area contributed by atoms with Gasteiger partial charge in [0.2, 0.25) is 4.38 Å². The molecular weight excluding hydrogens is 236 g/mol. The molecule has 16 heavy (non-hydrogen) atoms. The van der Waals surface area contributed by atoms with Crippen LogP contribution in [0.2, 0.25) is 0 Å². The predicted molar refractivity (Wildman–Crippen MR) is 75.9 cm³/mol. The molecule has 0 bridgehead atoms. The lowest BCUT2D eigenvalue weighted by Crippen LogP contribution is -2.07. The molecule has 88 valence electrons. The maximum Gasteiger partial charge on any atom is 0.220 e. The van der Waals surface area contributed by atoms with Crippen molar-refractivity contribution in [2.45, 2.75) is 32.3 Å². The molecule has 0 N–H and O–H groups in total. The van der Waals surface area contributed by atoms with Crippen molar-refractivity contribution >= 4 is 28.4 Å². The van der Waals surface area contributed by atoms with Crippen molar-refractivity contribution in [3.63, 3.8) is 0 Å². The van der Waals surface area contributed by atoms with Crippen LogP contribution >= 0.6 is 24.0 Å². The summed E-state index contributed by atoms with van der Waals surface area (Å²) in [7, 11) is 0. The van der Waals surface area contributed by atoms with Gasteiger partial charge < -0.3 is 4.74 Å². The standard InChI is InChI=1S/C13H18OS2/c1-3-4-10-12(14-13(15)16-2)11-8-6-5-7-9-11/h5-9,12H,3-4,10H2,1-2H3. The quantitative estimate of drug-likeness (QED) is 0.712. The van der Waals surface area contributed by atoms with Crippen molar-refractivity contribution < 1.29 is 4.74 Å². The molecule has 1 unspecified atom stereocenters. The Balaban J connectivity index is 2.67. The van der Waals surface area contributed by atoms with Crippen LogP contribution in [0.3, 0.4) is 0 Å². The zero-order chi connectivity index (χ0) is 11.8. The van der Waals surface area contributed by atoms with Gasteiger partial charge >= 0.3 is 0 Å². The largest absolute Gasteiger partial charge is 0.470 e. The fourth-order valence-electron chi connectivity index (χ4n) is 1.52. The van der Waals surface area contributed by atoms with Crippen LogP contribution in [0.25, 0.3) is 0 Å². The lowest BCUT2D eigenvalue weighted by Gasteiger charge is -2.18. The molecule has 0 spiro atoms. The van der Waals surface area contributed by atoms with E-state index in [0.717, 1.165) is 12.8 Å². The van der Waals surface area contributed by atoms with Gasteiger partial charge in [-0.1, -0.05) is 55.4 Å². The zero-order valence-corrected chi connectivity index (χ0v) is 11.4. The highest BCUT2D eigenvalue weighted by atomic mass is 32.2. The van der Waals surface area contributed by atoms with Crippen molar-refractivity contribution in [2.75, 3.05) is 6.26 Å². The molecule has 1 aromatic carbocycles. The summed E-state index contributed by atoms with van der Waals surface area (Å²) in [5, 5.41) is 0. The third-order valence-electron chi connectivity index (χ3n) is 2.40. The van der Waals surface area contributed by atoms with Crippen molar-refractivity contribution in [1.29, 1.82) is 0 Å². The summed E-state index contributed by atoms with van der Waals surface area (Å²) in [4.78, 5) is 0. The van der Waals surface area contributed by atoms with Crippen LogP contribution in [0.5, 0.6) is 0 Å². The van der Waals surface area contributed by atoms with E-state index in [4.69, 9.17) is 17.0 Å². The molecule has 0 aromatic heterocycles. The summed E-state index contributed by atoms with van der Waals surface area (Å²) in [6.07, 6.45) is 5.43. The Morgan fingerprint density at radius 2 is 2.06 bits per heavy atom. The Labute approximate surface area is 108 Å². The SMILES string of the molecule is CCCCC(OC(=S)SC)c1ccccc1. The Kier molecular flexibility index (Phi) is 6.50. The van der Waals surface area contributed by atoms with Crippen LogP contribution in [0, 0.1) is 0 Å². The summed E-state index contributed by atoms with van der Waals surface area (Å²) in [5.74, 6) is 0. The van der Waals surface area contributed by atoms with Gasteiger partial charge in [0.15, 0.2) is 0 Å². The zero-order valence-electron chi connectivity index (χ0n) is 9.81. The van der Waals surface area contributed by atoms with Gasteiger partial charge in [-0.15, -0.1) is 0 Å². The maximum atomic E-state index is 5.78. The van der Waals surface area contributed by atoms with E-state index in [1.54, 1.807) is 0 Å². The Hall–Kier alpha value is -0.540. The lowest BCUT2D eigenvalue weighted by molar-refractivity contribution is 0.190. The molecule has 0 saturated carbocycles. The second-order valence-electron chi connectivity index (χ2n) is 3.61. The van der Waals surface area contributed by atoms with Crippen molar-refractivity contribution in [2.24, 2.45) is 0 Å². The molecule has 0 aliphatic carbocycles. The maximum absolute atomic E-state index is 5.78. The highest BCUT2D eigenvalue weighted by molar-refractivity contribution is 8.22. The summed E-state index contributed by atoms with van der Waals surface area (Å²) in [6, 6.07) is 10.3. The van der Waals surface area contributed by atoms with E-state index in [9.17, 15) is 0 Å². The minimum Gasteiger partial charge on any atom is -0.470 e. The number of benzene rings is 1. The molecule has 0 heterocycles. The number of hydrogen-bond donors (Lipinski definition) is 0. The number of hydrogen-bond acceptors (Lipinski definition) is 3. The molecule has 0 radical (unpaired) electrons. The first-order valence-electron chi connectivity index (χ1n) is 5.57. The van der Waals surface area contributed by atoms with Crippen molar-refractivity contribution in [3.05, 3.63) is 35.9 Å². The Morgan fingerprint density at radius 3 is 2.62 bits per heavy atom. The molecule has 1 nitrogen and oxygen atoms in total. The normalized spacial score (nSPS) is 12.1. The highest BCUT2D eigenvalue weighted by Crippen LogP contribution is 2.25. The van der Waals surface area contributed by atoms with Gasteiger partial charge in [-0.3, -0.25) is 0 Å². The predicted octanol–water partition coefficient (Wildman–Crippen LogP) is 4.58. The van der Waals surface area contributed by atoms with Gasteiger partial charge in [0.05, 0.1) is 0 Å². The van der Waals surface area contributed by atoms with E-state index in [-0.39, 0.29) is 6.10 Å². The van der Waals surface area contributed by atoms with Crippen molar-refractivity contribution in [3.8, 4) is 0 Å². The van der Waals surface area contributed by atoms with Crippen LogP contribution in [0.4, 0.5) is 0 Å². The molecule has 0 aliphatic heterocycles. The fourth-order valence-corrected chi connectivity index (χ4v) is 1.84. The molecule has 1 aromatic rings. The topological polar surface area (TPSA) is 9.23 Å². The highest BCUT2D eigenvalue weighted by Gasteiger charge is 2.13. The third kappa shape index (κ3) is 4.54. The average Bonchev–Trinajstić information content (AvgIpc) is 2.35. The minimum atomic E-state index is 0.112. The molecule has 1 rings (SSSR count). The van der Waals surface area contributed by atoms with E-state index in [1.165, 1.54) is 23.7 Å². The summed E-state index contributed by atoms with van der Waals surface area (Å²) >= 11 is 6.61. The second-order valence-corrected chi connectivity index (χ2v) is 5.02. The summed E-state index contributed by atoms with van der Waals surface area (Å²) in [5.41, 5.74) is 1.22. The first-order chi connectivity index (χ1) is 7.77. The van der Waals surface area contributed by atoms with Gasteiger partial charge in [0.25, 0.3) is 0 Å². The average molecular weight is 254 g/mol. The Morgan fingerprint density at radius 1 is 1.38 bits per heavy atom.